The van der Waals surface area contributed by atoms with Crippen LogP contribution in [0.25, 0.3) is 5.76 Å². The lowest BCUT2D eigenvalue weighted by molar-refractivity contribution is -0.140. The van der Waals surface area contributed by atoms with E-state index in [1.54, 1.807) is 36.4 Å². The average molecular weight is 481 g/mol. The highest BCUT2D eigenvalue weighted by molar-refractivity contribution is 6.46. The van der Waals surface area contributed by atoms with Crippen LogP contribution >= 0.6 is 0 Å². The van der Waals surface area contributed by atoms with Gasteiger partial charge in [0.15, 0.2) is 0 Å². The van der Waals surface area contributed by atoms with Crippen LogP contribution in [0.2, 0.25) is 0 Å². The molecule has 8 nitrogen and oxygen atoms in total. The third-order valence-corrected chi connectivity index (χ3v) is 6.22. The number of aliphatic hydroxyl groups excluding tert-OH is 1. The number of likely N-dealkylation sites (tertiary alicyclic amines) is 1. The Morgan fingerprint density at radius 1 is 1.03 bits per heavy atom. The lowest BCUT2D eigenvalue weighted by atomic mass is 9.95. The smallest absolute Gasteiger partial charge is 0.295 e. The van der Waals surface area contributed by atoms with E-state index in [0.29, 0.717) is 55.7 Å². The molecule has 0 bridgehead atoms. The predicted molar refractivity (Wildman–Crippen MR) is 131 cm³/mol. The van der Waals surface area contributed by atoms with Gasteiger partial charge >= 0.3 is 0 Å². The second-order valence-corrected chi connectivity index (χ2v) is 9.27. The number of hydrogen-bond acceptors (Lipinski definition) is 7. The summed E-state index contributed by atoms with van der Waals surface area (Å²) in [5.74, 6) is -0.475. The van der Waals surface area contributed by atoms with E-state index in [4.69, 9.17) is 9.47 Å². The van der Waals surface area contributed by atoms with Gasteiger partial charge in [0, 0.05) is 31.7 Å². The Labute approximate surface area is 205 Å². The van der Waals surface area contributed by atoms with E-state index in [1.807, 2.05) is 0 Å². The van der Waals surface area contributed by atoms with Crippen molar-refractivity contribution < 1.29 is 29.3 Å². The highest BCUT2D eigenvalue weighted by Gasteiger charge is 2.46. The average Bonchev–Trinajstić information content (AvgIpc) is 3.12. The highest BCUT2D eigenvalue weighted by atomic mass is 16.5. The summed E-state index contributed by atoms with van der Waals surface area (Å²) < 4.78 is 11.1. The Hall–Kier alpha value is -3.36. The van der Waals surface area contributed by atoms with Crippen LogP contribution in [0.5, 0.6) is 11.5 Å². The van der Waals surface area contributed by atoms with Gasteiger partial charge in [-0.2, -0.15) is 0 Å². The molecule has 8 heteroatoms. The molecule has 2 saturated heterocycles. The number of phenolic OH excluding ortho intramolecular Hbond substituents is 1. The summed E-state index contributed by atoms with van der Waals surface area (Å²) >= 11 is 0. The number of amides is 1. The summed E-state index contributed by atoms with van der Waals surface area (Å²) in [5, 5.41) is 21.0. The quantitative estimate of drug-likeness (QED) is 0.340. The van der Waals surface area contributed by atoms with Gasteiger partial charge < -0.3 is 24.6 Å². The number of Topliss-reactive ketones (excluding diaryl/α,β-unsaturated/α-hetero) is 1. The topological polar surface area (TPSA) is 99.5 Å². The van der Waals surface area contributed by atoms with Gasteiger partial charge in [-0.15, -0.1) is 0 Å². The number of ketones is 1. The molecule has 0 aromatic heterocycles. The Balaban J connectivity index is 1.66. The van der Waals surface area contributed by atoms with Crippen LogP contribution in [0.15, 0.2) is 54.1 Å². The molecule has 2 aliphatic rings. The van der Waals surface area contributed by atoms with Crippen molar-refractivity contribution in [3.05, 3.63) is 65.2 Å². The Bertz CT molecular complexity index is 1070. The number of morpholine rings is 1. The zero-order chi connectivity index (χ0) is 24.9. The zero-order valence-electron chi connectivity index (χ0n) is 20.1. The molecular formula is C27H32N2O6. The highest BCUT2D eigenvalue weighted by Crippen LogP contribution is 2.39. The fourth-order valence-corrected chi connectivity index (χ4v) is 4.32. The molecule has 2 aliphatic heterocycles. The van der Waals surface area contributed by atoms with Crippen molar-refractivity contribution >= 4 is 17.4 Å². The number of ether oxygens (including phenoxy) is 2. The molecule has 186 valence electrons. The maximum Gasteiger partial charge on any atom is 0.295 e. The molecule has 0 unspecified atom stereocenters. The summed E-state index contributed by atoms with van der Waals surface area (Å²) in [5.41, 5.74) is 1.11. The first-order valence-electron chi connectivity index (χ1n) is 12.0. The summed E-state index contributed by atoms with van der Waals surface area (Å²) in [6.07, 6.45) is 0. The lowest BCUT2D eigenvalue weighted by Gasteiger charge is -2.31. The van der Waals surface area contributed by atoms with E-state index in [2.05, 4.69) is 18.7 Å². The van der Waals surface area contributed by atoms with Crippen molar-refractivity contribution in [2.75, 3.05) is 46.0 Å². The molecule has 4 rings (SSSR count). The molecular weight excluding hydrogens is 448 g/mol. The number of aromatic hydroxyl groups is 1. The Morgan fingerprint density at radius 2 is 1.69 bits per heavy atom. The molecule has 35 heavy (non-hydrogen) atoms. The normalized spacial score (nSPS) is 20.5. The molecule has 2 aromatic rings. The maximum absolute atomic E-state index is 13.2. The summed E-state index contributed by atoms with van der Waals surface area (Å²) in [6.45, 7) is 8.40. The molecule has 0 aliphatic carbocycles. The van der Waals surface area contributed by atoms with E-state index in [1.165, 1.54) is 17.0 Å². The standard InChI is InChI=1S/C27H32N2O6/c1-18(2)17-35-22-9-5-20(6-10-22)25(31)23-24(19-3-7-21(30)8-4-19)29(27(33)26(23)32)12-11-28-13-15-34-16-14-28/h3-10,18,24,30-31H,11-17H2,1-2H3/b25-23+/t24-/m0/s1. The number of hydrogen-bond donors (Lipinski definition) is 2. The van der Waals surface area contributed by atoms with Gasteiger partial charge in [-0.1, -0.05) is 26.0 Å². The first-order valence-corrected chi connectivity index (χ1v) is 12.0. The second-order valence-electron chi connectivity index (χ2n) is 9.27. The van der Waals surface area contributed by atoms with Crippen molar-refractivity contribution in [3.8, 4) is 11.5 Å². The summed E-state index contributed by atoms with van der Waals surface area (Å²) in [4.78, 5) is 30.0. The summed E-state index contributed by atoms with van der Waals surface area (Å²) in [7, 11) is 0. The number of carbonyl (C=O) groups is 2. The van der Waals surface area contributed by atoms with Crippen LogP contribution in [0.3, 0.4) is 0 Å². The van der Waals surface area contributed by atoms with Crippen LogP contribution in [0.1, 0.15) is 31.0 Å². The van der Waals surface area contributed by atoms with Gasteiger partial charge in [0.2, 0.25) is 0 Å². The first-order chi connectivity index (χ1) is 16.8. The van der Waals surface area contributed by atoms with Crippen molar-refractivity contribution in [2.45, 2.75) is 19.9 Å². The van der Waals surface area contributed by atoms with E-state index in [9.17, 15) is 19.8 Å². The third-order valence-electron chi connectivity index (χ3n) is 6.22. The third kappa shape index (κ3) is 5.66. The minimum Gasteiger partial charge on any atom is -0.508 e. The van der Waals surface area contributed by atoms with Gasteiger partial charge in [0.1, 0.15) is 17.3 Å². The predicted octanol–water partition coefficient (Wildman–Crippen LogP) is 3.18. The van der Waals surface area contributed by atoms with E-state index in [-0.39, 0.29) is 17.1 Å². The number of nitrogens with zero attached hydrogens (tertiary/aromatic N) is 2. The zero-order valence-corrected chi connectivity index (χ0v) is 20.1. The Kier molecular flexibility index (Phi) is 7.73. The SMILES string of the molecule is CC(C)COc1ccc(/C(O)=C2\C(=O)C(=O)N(CCN3CCOCC3)[C@H]2c2ccc(O)cc2)cc1. The van der Waals surface area contributed by atoms with E-state index >= 15 is 0 Å². The van der Waals surface area contributed by atoms with Gasteiger partial charge in [0.05, 0.1) is 31.4 Å². The molecule has 1 atom stereocenters. The molecule has 2 fully saturated rings. The van der Waals surface area contributed by atoms with Gasteiger partial charge in [-0.25, -0.2) is 0 Å². The van der Waals surface area contributed by atoms with E-state index < -0.39 is 17.7 Å². The van der Waals surface area contributed by atoms with Gasteiger partial charge in [-0.3, -0.25) is 14.5 Å². The summed E-state index contributed by atoms with van der Waals surface area (Å²) in [6, 6.07) is 12.4. The Morgan fingerprint density at radius 3 is 2.31 bits per heavy atom. The monoisotopic (exact) mass is 480 g/mol. The molecule has 0 saturated carbocycles. The van der Waals surface area contributed by atoms with Crippen molar-refractivity contribution in [2.24, 2.45) is 5.92 Å². The largest absolute Gasteiger partial charge is 0.508 e. The number of benzene rings is 2. The molecule has 0 radical (unpaired) electrons. The number of aliphatic hydroxyl groups is 1. The van der Waals surface area contributed by atoms with Crippen LogP contribution < -0.4 is 4.74 Å². The fraction of sp³-hybridized carbons (Fsp3) is 0.407. The number of phenols is 1. The second kappa shape index (κ2) is 10.9. The van der Waals surface area contributed by atoms with Crippen LogP contribution in [-0.4, -0.2) is 77.7 Å². The van der Waals surface area contributed by atoms with Crippen molar-refractivity contribution in [3.63, 3.8) is 0 Å². The molecule has 1 amide bonds. The molecule has 2 N–H and O–H groups in total. The van der Waals surface area contributed by atoms with E-state index in [0.717, 1.165) is 13.1 Å². The molecule has 0 spiro atoms. The van der Waals surface area contributed by atoms with Crippen LogP contribution in [0.4, 0.5) is 0 Å². The van der Waals surface area contributed by atoms with Crippen LogP contribution in [-0.2, 0) is 14.3 Å². The van der Waals surface area contributed by atoms with Gasteiger partial charge in [-0.05, 0) is 47.9 Å². The van der Waals surface area contributed by atoms with Crippen molar-refractivity contribution in [1.82, 2.24) is 9.80 Å². The van der Waals surface area contributed by atoms with Gasteiger partial charge in [0.25, 0.3) is 11.7 Å². The van der Waals surface area contributed by atoms with Crippen molar-refractivity contribution in [1.29, 1.82) is 0 Å². The fourth-order valence-electron chi connectivity index (χ4n) is 4.32. The number of carbonyl (C=O) groups excluding carboxylic acids is 2. The first kappa shape index (κ1) is 24.8. The van der Waals surface area contributed by atoms with Crippen LogP contribution in [0, 0.1) is 5.92 Å². The minimum atomic E-state index is -0.756. The molecule has 2 heterocycles. The minimum absolute atomic E-state index is 0.0403. The maximum atomic E-state index is 13.2. The number of rotatable bonds is 8. The molecule has 2 aromatic carbocycles. The lowest BCUT2D eigenvalue weighted by Crippen LogP contribution is -2.42.